The minimum absolute atomic E-state index is 0.0927. The number of benzene rings is 2. The average Bonchev–Trinajstić information content (AvgIpc) is 2.53. The molecule has 3 heteroatoms. The molecule has 1 heterocycles. The fourth-order valence-corrected chi connectivity index (χ4v) is 3.01. The monoisotopic (exact) mass is 283 g/mol. The van der Waals surface area contributed by atoms with Gasteiger partial charge in [-0.3, -0.25) is 4.79 Å². The predicted molar refractivity (Wildman–Crippen MR) is 84.5 cm³/mol. The van der Waals surface area contributed by atoms with Crippen LogP contribution in [-0.2, 0) is 4.79 Å². The maximum absolute atomic E-state index is 12.3. The predicted octanol–water partition coefficient (Wildman–Crippen LogP) is 3.62. The van der Waals surface area contributed by atoms with Crippen molar-refractivity contribution < 1.29 is 9.53 Å². The van der Waals surface area contributed by atoms with Gasteiger partial charge in [-0.15, -0.1) is 0 Å². The summed E-state index contributed by atoms with van der Waals surface area (Å²) in [4.78, 5) is 14.3. The second-order valence-corrected chi connectivity index (χ2v) is 5.70. The summed E-state index contributed by atoms with van der Waals surface area (Å²) in [6.45, 7) is 3.10. The SMILES string of the molecule is CC1CCCCN1C(=O)COc1cccc2ccccc12. The number of piperidine rings is 1. The standard InChI is InChI=1S/C18H21NO2/c1-14-7-4-5-12-19(14)18(20)13-21-17-11-6-9-15-8-2-3-10-16(15)17/h2-3,6,8-11,14H,4-5,7,12-13H2,1H3. The van der Waals surface area contributed by atoms with E-state index in [0.717, 1.165) is 35.9 Å². The van der Waals surface area contributed by atoms with Gasteiger partial charge < -0.3 is 9.64 Å². The van der Waals surface area contributed by atoms with Crippen LogP contribution in [0.15, 0.2) is 42.5 Å². The topological polar surface area (TPSA) is 29.5 Å². The zero-order chi connectivity index (χ0) is 14.7. The van der Waals surface area contributed by atoms with Crippen molar-refractivity contribution in [2.45, 2.75) is 32.2 Å². The molecule has 1 saturated heterocycles. The third-order valence-corrected chi connectivity index (χ3v) is 4.22. The highest BCUT2D eigenvalue weighted by Gasteiger charge is 2.23. The quantitative estimate of drug-likeness (QED) is 0.861. The van der Waals surface area contributed by atoms with Gasteiger partial charge in [0.15, 0.2) is 6.61 Å². The van der Waals surface area contributed by atoms with Gasteiger partial charge in [0.25, 0.3) is 5.91 Å². The van der Waals surface area contributed by atoms with Gasteiger partial charge in [0.2, 0.25) is 0 Å². The average molecular weight is 283 g/mol. The van der Waals surface area contributed by atoms with Crippen molar-refractivity contribution in [3.05, 3.63) is 42.5 Å². The Hall–Kier alpha value is -2.03. The van der Waals surface area contributed by atoms with Gasteiger partial charge in [-0.25, -0.2) is 0 Å². The smallest absolute Gasteiger partial charge is 0.260 e. The molecule has 3 rings (SSSR count). The van der Waals surface area contributed by atoms with Crippen molar-refractivity contribution in [1.82, 2.24) is 4.90 Å². The minimum Gasteiger partial charge on any atom is -0.483 e. The fourth-order valence-electron chi connectivity index (χ4n) is 3.01. The van der Waals surface area contributed by atoms with Gasteiger partial charge in [-0.05, 0) is 37.6 Å². The van der Waals surface area contributed by atoms with Crippen molar-refractivity contribution in [3.8, 4) is 5.75 Å². The second-order valence-electron chi connectivity index (χ2n) is 5.70. The number of ether oxygens (including phenoxy) is 1. The van der Waals surface area contributed by atoms with E-state index in [9.17, 15) is 4.79 Å². The van der Waals surface area contributed by atoms with Gasteiger partial charge in [-0.2, -0.15) is 0 Å². The number of amides is 1. The van der Waals surface area contributed by atoms with Crippen LogP contribution in [0.5, 0.6) is 5.75 Å². The van der Waals surface area contributed by atoms with Crippen LogP contribution in [0.3, 0.4) is 0 Å². The lowest BCUT2D eigenvalue weighted by molar-refractivity contribution is -0.136. The van der Waals surface area contributed by atoms with Crippen LogP contribution in [0.1, 0.15) is 26.2 Å². The Labute approximate surface area is 125 Å². The maximum Gasteiger partial charge on any atom is 0.260 e. The van der Waals surface area contributed by atoms with Crippen molar-refractivity contribution in [3.63, 3.8) is 0 Å². The van der Waals surface area contributed by atoms with Crippen LogP contribution in [0.25, 0.3) is 10.8 Å². The number of fused-ring (bicyclic) bond motifs is 1. The molecular weight excluding hydrogens is 262 g/mol. The van der Waals surface area contributed by atoms with E-state index in [1.807, 2.05) is 35.2 Å². The Morgan fingerprint density at radius 3 is 2.86 bits per heavy atom. The molecule has 1 aliphatic rings. The number of hydrogen-bond acceptors (Lipinski definition) is 2. The molecule has 3 nitrogen and oxygen atoms in total. The van der Waals surface area contributed by atoms with Crippen LogP contribution in [-0.4, -0.2) is 30.0 Å². The van der Waals surface area contributed by atoms with Crippen molar-refractivity contribution in [2.24, 2.45) is 0 Å². The Morgan fingerprint density at radius 1 is 1.19 bits per heavy atom. The molecule has 0 spiro atoms. The molecule has 0 saturated carbocycles. The molecule has 0 N–H and O–H groups in total. The normalized spacial score (nSPS) is 18.7. The molecular formula is C18H21NO2. The molecule has 1 fully saturated rings. The molecule has 21 heavy (non-hydrogen) atoms. The third-order valence-electron chi connectivity index (χ3n) is 4.22. The molecule has 2 aromatic carbocycles. The Morgan fingerprint density at radius 2 is 2.00 bits per heavy atom. The molecule has 1 atom stereocenters. The van der Waals surface area contributed by atoms with E-state index >= 15 is 0 Å². The maximum atomic E-state index is 12.3. The molecule has 0 aromatic heterocycles. The Bertz CT molecular complexity index is 633. The van der Waals surface area contributed by atoms with E-state index in [4.69, 9.17) is 4.74 Å². The van der Waals surface area contributed by atoms with E-state index in [1.54, 1.807) is 0 Å². The molecule has 1 unspecified atom stereocenters. The summed E-state index contributed by atoms with van der Waals surface area (Å²) in [5.41, 5.74) is 0. The molecule has 0 radical (unpaired) electrons. The second kappa shape index (κ2) is 6.17. The van der Waals surface area contributed by atoms with E-state index in [0.29, 0.717) is 6.04 Å². The number of rotatable bonds is 3. The van der Waals surface area contributed by atoms with E-state index in [1.165, 1.54) is 6.42 Å². The zero-order valence-electron chi connectivity index (χ0n) is 12.4. The van der Waals surface area contributed by atoms with Crippen LogP contribution >= 0.6 is 0 Å². The highest BCUT2D eigenvalue weighted by atomic mass is 16.5. The third kappa shape index (κ3) is 3.02. The first-order chi connectivity index (χ1) is 10.3. The molecule has 1 aliphatic heterocycles. The lowest BCUT2D eigenvalue weighted by Crippen LogP contribution is -2.44. The van der Waals surface area contributed by atoms with Crippen molar-refractivity contribution in [2.75, 3.05) is 13.2 Å². The Balaban J connectivity index is 1.70. The largest absolute Gasteiger partial charge is 0.483 e. The molecule has 2 aromatic rings. The summed E-state index contributed by atoms with van der Waals surface area (Å²) in [6, 6.07) is 14.4. The first-order valence-electron chi connectivity index (χ1n) is 7.66. The van der Waals surface area contributed by atoms with Gasteiger partial charge in [0.05, 0.1) is 0 Å². The number of likely N-dealkylation sites (tertiary alicyclic amines) is 1. The van der Waals surface area contributed by atoms with Crippen LogP contribution in [0.2, 0.25) is 0 Å². The first kappa shape index (κ1) is 13.9. The number of hydrogen-bond donors (Lipinski definition) is 0. The van der Waals surface area contributed by atoms with Crippen molar-refractivity contribution in [1.29, 1.82) is 0 Å². The molecule has 0 aliphatic carbocycles. The highest BCUT2D eigenvalue weighted by Crippen LogP contribution is 2.25. The lowest BCUT2D eigenvalue weighted by atomic mass is 10.0. The number of carbonyl (C=O) groups is 1. The van der Waals surface area contributed by atoms with Crippen LogP contribution in [0.4, 0.5) is 0 Å². The molecule has 110 valence electrons. The summed E-state index contributed by atoms with van der Waals surface area (Å²) in [7, 11) is 0. The van der Waals surface area contributed by atoms with E-state index in [-0.39, 0.29) is 12.5 Å². The summed E-state index contributed by atoms with van der Waals surface area (Å²) in [6.07, 6.45) is 3.42. The first-order valence-corrected chi connectivity index (χ1v) is 7.66. The van der Waals surface area contributed by atoms with E-state index < -0.39 is 0 Å². The van der Waals surface area contributed by atoms with Gasteiger partial charge in [0, 0.05) is 18.0 Å². The lowest BCUT2D eigenvalue weighted by Gasteiger charge is -2.33. The van der Waals surface area contributed by atoms with Gasteiger partial charge in [0.1, 0.15) is 5.75 Å². The summed E-state index contributed by atoms with van der Waals surface area (Å²) < 4.78 is 5.79. The van der Waals surface area contributed by atoms with E-state index in [2.05, 4.69) is 19.1 Å². The summed E-state index contributed by atoms with van der Waals surface area (Å²) in [5.74, 6) is 0.876. The zero-order valence-corrected chi connectivity index (χ0v) is 12.4. The number of carbonyl (C=O) groups excluding carboxylic acids is 1. The number of nitrogens with zero attached hydrogens (tertiary/aromatic N) is 1. The van der Waals surface area contributed by atoms with Gasteiger partial charge >= 0.3 is 0 Å². The highest BCUT2D eigenvalue weighted by molar-refractivity contribution is 5.88. The Kier molecular flexibility index (Phi) is 4.09. The minimum atomic E-state index is 0.0927. The summed E-state index contributed by atoms with van der Waals surface area (Å²) >= 11 is 0. The van der Waals surface area contributed by atoms with Gasteiger partial charge in [-0.1, -0.05) is 36.4 Å². The molecule has 1 amide bonds. The van der Waals surface area contributed by atoms with Crippen molar-refractivity contribution >= 4 is 16.7 Å². The molecule has 0 bridgehead atoms. The van der Waals surface area contributed by atoms with Crippen LogP contribution < -0.4 is 4.74 Å². The summed E-state index contributed by atoms with van der Waals surface area (Å²) in [5, 5.41) is 2.19. The fraction of sp³-hybridized carbons (Fsp3) is 0.389. The van der Waals surface area contributed by atoms with Crippen LogP contribution in [0, 0.1) is 0 Å².